The van der Waals surface area contributed by atoms with Crippen molar-refractivity contribution in [1.29, 1.82) is 0 Å². The number of esters is 1. The number of benzene rings is 2. The second-order valence-electron chi connectivity index (χ2n) is 7.87. The number of rotatable bonds is 10. The number of nitrogens with one attached hydrogen (secondary N) is 3. The van der Waals surface area contributed by atoms with E-state index >= 15 is 0 Å². The van der Waals surface area contributed by atoms with Gasteiger partial charge in [0.15, 0.2) is 0 Å². The Morgan fingerprint density at radius 1 is 1.09 bits per heavy atom. The lowest BCUT2D eigenvalue weighted by atomic mass is 10.1. The molecule has 0 unspecified atom stereocenters. The van der Waals surface area contributed by atoms with Crippen LogP contribution >= 0.6 is 0 Å². The van der Waals surface area contributed by atoms with Crippen molar-refractivity contribution in [2.24, 2.45) is 0 Å². The number of nitrogens with zero attached hydrogens (tertiary/aromatic N) is 2. The number of aromatic nitrogens is 3. The SMILES string of the molecule is CCOC(=O)CCNCc1ccc(-c2cc3c(N[C@H](C)c4ccccc4)ncnc3[nH]2)cc1. The first-order valence-corrected chi connectivity index (χ1v) is 11.2. The van der Waals surface area contributed by atoms with Crippen molar-refractivity contribution in [2.75, 3.05) is 18.5 Å². The van der Waals surface area contributed by atoms with Gasteiger partial charge in [0.25, 0.3) is 0 Å². The van der Waals surface area contributed by atoms with Crippen molar-refractivity contribution in [1.82, 2.24) is 20.3 Å². The molecule has 4 aromatic rings. The predicted octanol–water partition coefficient (Wildman–Crippen LogP) is 4.84. The van der Waals surface area contributed by atoms with Gasteiger partial charge in [-0.2, -0.15) is 0 Å². The summed E-state index contributed by atoms with van der Waals surface area (Å²) in [4.78, 5) is 23.7. The molecule has 0 fully saturated rings. The molecule has 0 radical (unpaired) electrons. The number of H-pyrrole nitrogens is 1. The molecule has 0 aliphatic carbocycles. The quantitative estimate of drug-likeness (QED) is 0.240. The van der Waals surface area contributed by atoms with Gasteiger partial charge in [-0.05, 0) is 36.6 Å². The number of aromatic amines is 1. The number of carbonyl (C=O) groups is 1. The van der Waals surface area contributed by atoms with Crippen molar-refractivity contribution in [3.05, 3.63) is 78.1 Å². The van der Waals surface area contributed by atoms with E-state index in [4.69, 9.17) is 4.74 Å². The third-order valence-corrected chi connectivity index (χ3v) is 5.48. The van der Waals surface area contributed by atoms with E-state index in [0.29, 0.717) is 26.1 Å². The molecule has 3 N–H and O–H groups in total. The largest absolute Gasteiger partial charge is 0.466 e. The van der Waals surface area contributed by atoms with E-state index in [1.165, 1.54) is 5.56 Å². The van der Waals surface area contributed by atoms with Gasteiger partial charge in [-0.1, -0.05) is 54.6 Å². The molecule has 0 saturated heterocycles. The van der Waals surface area contributed by atoms with Crippen molar-refractivity contribution in [3.63, 3.8) is 0 Å². The van der Waals surface area contributed by atoms with Crippen LogP contribution in [0, 0.1) is 0 Å². The lowest BCUT2D eigenvalue weighted by Crippen LogP contribution is -2.18. The Kier molecular flexibility index (Phi) is 7.32. The van der Waals surface area contributed by atoms with E-state index in [1.807, 2.05) is 25.1 Å². The van der Waals surface area contributed by atoms with Crippen LogP contribution in [0.2, 0.25) is 0 Å². The van der Waals surface area contributed by atoms with Crippen molar-refractivity contribution >= 4 is 22.8 Å². The molecule has 7 nitrogen and oxygen atoms in total. The van der Waals surface area contributed by atoms with Crippen LogP contribution in [0.1, 0.15) is 37.4 Å². The molecule has 0 aliphatic rings. The molecular weight excluding hydrogens is 414 g/mol. The fraction of sp³-hybridized carbons (Fsp3) is 0.269. The molecule has 0 aliphatic heterocycles. The van der Waals surface area contributed by atoms with Gasteiger partial charge in [-0.25, -0.2) is 9.97 Å². The van der Waals surface area contributed by atoms with Crippen LogP contribution in [-0.4, -0.2) is 34.1 Å². The van der Waals surface area contributed by atoms with Crippen molar-refractivity contribution < 1.29 is 9.53 Å². The zero-order valence-corrected chi connectivity index (χ0v) is 19.0. The normalized spacial score (nSPS) is 11.9. The van der Waals surface area contributed by atoms with Crippen LogP contribution in [0.3, 0.4) is 0 Å². The van der Waals surface area contributed by atoms with Crippen LogP contribution in [0.5, 0.6) is 0 Å². The summed E-state index contributed by atoms with van der Waals surface area (Å²) in [5.74, 6) is 0.635. The van der Waals surface area contributed by atoms with E-state index in [2.05, 4.69) is 75.0 Å². The molecular formula is C26H29N5O2. The van der Waals surface area contributed by atoms with Gasteiger partial charge < -0.3 is 20.4 Å². The highest BCUT2D eigenvalue weighted by atomic mass is 16.5. The monoisotopic (exact) mass is 443 g/mol. The Labute approximate surface area is 193 Å². The fourth-order valence-electron chi connectivity index (χ4n) is 3.70. The lowest BCUT2D eigenvalue weighted by molar-refractivity contribution is -0.142. The molecule has 33 heavy (non-hydrogen) atoms. The van der Waals surface area contributed by atoms with E-state index < -0.39 is 0 Å². The van der Waals surface area contributed by atoms with Gasteiger partial charge >= 0.3 is 5.97 Å². The molecule has 0 amide bonds. The van der Waals surface area contributed by atoms with Gasteiger partial charge in [0.2, 0.25) is 0 Å². The molecule has 4 rings (SSSR count). The Morgan fingerprint density at radius 2 is 1.88 bits per heavy atom. The number of hydrogen-bond donors (Lipinski definition) is 3. The minimum atomic E-state index is -0.172. The topological polar surface area (TPSA) is 91.9 Å². The second-order valence-corrected chi connectivity index (χ2v) is 7.87. The highest BCUT2D eigenvalue weighted by Gasteiger charge is 2.12. The molecule has 2 aromatic carbocycles. The predicted molar refractivity (Wildman–Crippen MR) is 131 cm³/mol. The van der Waals surface area contributed by atoms with Gasteiger partial charge in [0.1, 0.15) is 17.8 Å². The molecule has 7 heteroatoms. The maximum absolute atomic E-state index is 11.4. The van der Waals surface area contributed by atoms with Gasteiger partial charge in [-0.3, -0.25) is 4.79 Å². The first-order valence-electron chi connectivity index (χ1n) is 11.2. The Balaban J connectivity index is 1.42. The van der Waals surface area contributed by atoms with E-state index in [1.54, 1.807) is 6.33 Å². The summed E-state index contributed by atoms with van der Waals surface area (Å²) >= 11 is 0. The first-order chi connectivity index (χ1) is 16.1. The van der Waals surface area contributed by atoms with Crippen molar-refractivity contribution in [2.45, 2.75) is 32.9 Å². The van der Waals surface area contributed by atoms with Gasteiger partial charge in [0, 0.05) is 24.8 Å². The zero-order chi connectivity index (χ0) is 23.0. The number of hydrogen-bond acceptors (Lipinski definition) is 6. The first kappa shape index (κ1) is 22.5. The smallest absolute Gasteiger partial charge is 0.307 e. The Hall–Kier alpha value is -3.71. The summed E-state index contributed by atoms with van der Waals surface area (Å²) in [6.45, 7) is 5.65. The molecule has 0 spiro atoms. The minimum absolute atomic E-state index is 0.123. The summed E-state index contributed by atoms with van der Waals surface area (Å²) in [5, 5.41) is 7.74. The van der Waals surface area contributed by atoms with E-state index in [0.717, 1.165) is 33.7 Å². The molecule has 170 valence electrons. The summed E-state index contributed by atoms with van der Waals surface area (Å²) in [5.41, 5.74) is 5.21. The summed E-state index contributed by atoms with van der Waals surface area (Å²) < 4.78 is 4.94. The van der Waals surface area contributed by atoms with Crippen LogP contribution in [0.4, 0.5) is 5.82 Å². The average Bonchev–Trinajstić information content (AvgIpc) is 3.28. The number of fused-ring (bicyclic) bond motifs is 1. The maximum atomic E-state index is 11.4. The van der Waals surface area contributed by atoms with Crippen LogP contribution in [0.15, 0.2) is 67.0 Å². The lowest BCUT2D eigenvalue weighted by Gasteiger charge is -2.15. The van der Waals surface area contributed by atoms with Crippen LogP contribution < -0.4 is 10.6 Å². The number of ether oxygens (including phenoxy) is 1. The summed E-state index contributed by atoms with van der Waals surface area (Å²) in [6, 6.07) is 20.8. The highest BCUT2D eigenvalue weighted by Crippen LogP contribution is 2.29. The van der Waals surface area contributed by atoms with Crippen LogP contribution in [-0.2, 0) is 16.1 Å². The molecule has 0 bridgehead atoms. The average molecular weight is 444 g/mol. The third-order valence-electron chi connectivity index (χ3n) is 5.48. The summed E-state index contributed by atoms with van der Waals surface area (Å²) in [7, 11) is 0. The molecule has 0 saturated carbocycles. The fourth-order valence-corrected chi connectivity index (χ4v) is 3.70. The number of anilines is 1. The standard InChI is InChI=1S/C26H29N5O2/c1-3-33-24(32)13-14-27-16-19-9-11-21(12-10-19)23-15-22-25(28-17-29-26(22)31-23)30-18(2)20-7-5-4-6-8-20/h4-12,15,17-18,27H,3,13-14,16H2,1-2H3,(H2,28,29,30,31)/t18-/m1/s1. The van der Waals surface area contributed by atoms with Crippen LogP contribution in [0.25, 0.3) is 22.3 Å². The van der Waals surface area contributed by atoms with E-state index in [-0.39, 0.29) is 12.0 Å². The number of carbonyl (C=O) groups excluding carboxylic acids is 1. The molecule has 2 heterocycles. The Morgan fingerprint density at radius 3 is 2.64 bits per heavy atom. The minimum Gasteiger partial charge on any atom is -0.466 e. The highest BCUT2D eigenvalue weighted by molar-refractivity contribution is 5.91. The summed E-state index contributed by atoms with van der Waals surface area (Å²) in [6.07, 6.45) is 1.95. The zero-order valence-electron chi connectivity index (χ0n) is 19.0. The van der Waals surface area contributed by atoms with Gasteiger partial charge in [0.05, 0.1) is 18.4 Å². The molecule has 1 atom stereocenters. The molecule has 2 aromatic heterocycles. The van der Waals surface area contributed by atoms with Gasteiger partial charge in [-0.15, -0.1) is 0 Å². The second kappa shape index (κ2) is 10.7. The third kappa shape index (κ3) is 5.75. The van der Waals surface area contributed by atoms with E-state index in [9.17, 15) is 4.79 Å². The van der Waals surface area contributed by atoms with Crippen molar-refractivity contribution in [3.8, 4) is 11.3 Å². The Bertz CT molecular complexity index is 1190. The maximum Gasteiger partial charge on any atom is 0.307 e.